The van der Waals surface area contributed by atoms with Gasteiger partial charge in [0.2, 0.25) is 15.9 Å². The molecular weight excluding hydrogens is 290 g/mol. The van der Waals surface area contributed by atoms with Gasteiger partial charge in [0.25, 0.3) is 0 Å². The average molecular weight is 313 g/mol. The lowest BCUT2D eigenvalue weighted by atomic mass is 10.2. The molecule has 0 aliphatic carbocycles. The normalized spacial score (nSPS) is 12.7. The molecule has 0 radical (unpaired) electrons. The van der Waals surface area contributed by atoms with Gasteiger partial charge in [-0.25, -0.2) is 13.1 Å². The Balaban J connectivity index is 2.51. The largest absolute Gasteiger partial charge is 0.388 e. The van der Waals surface area contributed by atoms with Crippen LogP contribution in [0.15, 0.2) is 29.2 Å². The summed E-state index contributed by atoms with van der Waals surface area (Å²) in [7, 11) is -1.81. The summed E-state index contributed by atoms with van der Waals surface area (Å²) in [4.78, 5) is 11.7. The zero-order valence-electron chi connectivity index (χ0n) is 12.6. The van der Waals surface area contributed by atoms with Crippen LogP contribution in [0.5, 0.6) is 0 Å². The fourth-order valence-electron chi connectivity index (χ4n) is 1.63. The van der Waals surface area contributed by atoms with Crippen LogP contribution in [0.3, 0.4) is 0 Å². The molecule has 0 heterocycles. The number of hydrogen-bond donors (Lipinski definition) is 3. The zero-order valence-corrected chi connectivity index (χ0v) is 13.5. The Bertz CT molecular complexity index is 555. The van der Waals surface area contributed by atoms with E-state index in [9.17, 15) is 13.2 Å². The van der Waals surface area contributed by atoms with E-state index in [-0.39, 0.29) is 29.8 Å². The molecule has 0 aromatic heterocycles. The lowest BCUT2D eigenvalue weighted by Crippen LogP contribution is -2.35. The van der Waals surface area contributed by atoms with Crippen molar-refractivity contribution in [1.82, 2.24) is 10.0 Å². The summed E-state index contributed by atoms with van der Waals surface area (Å²) in [6, 6.07) is 6.51. The Morgan fingerprint density at radius 2 is 1.86 bits per heavy atom. The third-order valence-corrected chi connectivity index (χ3v) is 4.59. The maximum absolute atomic E-state index is 12.0. The lowest BCUT2D eigenvalue weighted by Gasteiger charge is -2.11. The maximum atomic E-state index is 12.0. The number of benzene rings is 1. The second kappa shape index (κ2) is 7.99. The zero-order chi connectivity index (χ0) is 15.9. The van der Waals surface area contributed by atoms with Crippen molar-refractivity contribution in [2.24, 2.45) is 0 Å². The van der Waals surface area contributed by atoms with E-state index in [1.54, 1.807) is 19.2 Å². The first-order valence-corrected chi connectivity index (χ1v) is 8.44. The van der Waals surface area contributed by atoms with Crippen molar-refractivity contribution in [2.45, 2.75) is 37.6 Å². The number of rotatable bonds is 8. The lowest BCUT2D eigenvalue weighted by molar-refractivity contribution is -0.121. The third-order valence-electron chi connectivity index (χ3n) is 3.12. The van der Waals surface area contributed by atoms with E-state index in [1.165, 1.54) is 12.1 Å². The van der Waals surface area contributed by atoms with Crippen LogP contribution in [0.2, 0.25) is 0 Å². The Morgan fingerprint density at radius 1 is 1.24 bits per heavy atom. The van der Waals surface area contributed by atoms with E-state index in [2.05, 4.69) is 15.4 Å². The minimum atomic E-state index is -3.57. The predicted molar refractivity (Wildman–Crippen MR) is 83.7 cm³/mol. The van der Waals surface area contributed by atoms with Gasteiger partial charge in [-0.05, 0) is 37.6 Å². The number of carbonyl (C=O) groups is 1. The van der Waals surface area contributed by atoms with E-state index in [0.29, 0.717) is 0 Å². The first kappa shape index (κ1) is 17.5. The molecule has 0 aliphatic heterocycles. The van der Waals surface area contributed by atoms with Crippen molar-refractivity contribution < 1.29 is 13.2 Å². The molecule has 1 aromatic carbocycles. The molecule has 118 valence electrons. The summed E-state index contributed by atoms with van der Waals surface area (Å²) in [5.41, 5.74) is 0.835. The van der Waals surface area contributed by atoms with Crippen LogP contribution in [0, 0.1) is 0 Å². The summed E-state index contributed by atoms with van der Waals surface area (Å²) in [5.74, 6) is -0.155. The van der Waals surface area contributed by atoms with Crippen LogP contribution >= 0.6 is 0 Å². The van der Waals surface area contributed by atoms with Gasteiger partial charge in [-0.15, -0.1) is 0 Å². The summed E-state index contributed by atoms with van der Waals surface area (Å²) < 4.78 is 26.5. The summed E-state index contributed by atoms with van der Waals surface area (Å²) in [6.07, 6.45) is 0.966. The fourth-order valence-corrected chi connectivity index (χ4v) is 2.66. The van der Waals surface area contributed by atoms with Crippen LogP contribution in [0.25, 0.3) is 0 Å². The van der Waals surface area contributed by atoms with Crippen molar-refractivity contribution in [1.29, 1.82) is 0 Å². The van der Waals surface area contributed by atoms with E-state index in [4.69, 9.17) is 0 Å². The number of nitrogens with one attached hydrogen (secondary N) is 3. The molecule has 0 fully saturated rings. The fraction of sp³-hybridized carbons (Fsp3) is 0.500. The minimum absolute atomic E-state index is 0.0817. The molecule has 0 saturated carbocycles. The Morgan fingerprint density at radius 3 is 2.38 bits per heavy atom. The van der Waals surface area contributed by atoms with Crippen molar-refractivity contribution in [3.63, 3.8) is 0 Å². The third kappa shape index (κ3) is 5.73. The first-order chi connectivity index (χ1) is 9.89. The van der Waals surface area contributed by atoms with Crippen LogP contribution < -0.4 is 15.4 Å². The molecular formula is C14H23N3O3S. The molecule has 0 bridgehead atoms. The summed E-state index contributed by atoms with van der Waals surface area (Å²) in [6.45, 7) is 3.96. The SMILES string of the molecule is CCC(C)NC(=O)CCNS(=O)(=O)c1ccc(NC)cc1. The molecule has 1 unspecified atom stereocenters. The number of carbonyl (C=O) groups excluding carboxylic acids is 1. The van der Waals surface area contributed by atoms with Gasteiger partial charge in [0.15, 0.2) is 0 Å². The van der Waals surface area contributed by atoms with E-state index >= 15 is 0 Å². The van der Waals surface area contributed by atoms with Gasteiger partial charge in [-0.2, -0.15) is 0 Å². The molecule has 0 saturated heterocycles. The van der Waals surface area contributed by atoms with Crippen molar-refractivity contribution in [2.75, 3.05) is 18.9 Å². The van der Waals surface area contributed by atoms with E-state index in [0.717, 1.165) is 12.1 Å². The maximum Gasteiger partial charge on any atom is 0.240 e. The minimum Gasteiger partial charge on any atom is -0.388 e. The van der Waals surface area contributed by atoms with E-state index in [1.807, 2.05) is 13.8 Å². The van der Waals surface area contributed by atoms with Gasteiger partial charge >= 0.3 is 0 Å². The van der Waals surface area contributed by atoms with Gasteiger partial charge in [-0.1, -0.05) is 6.92 Å². The molecule has 7 heteroatoms. The van der Waals surface area contributed by atoms with Crippen molar-refractivity contribution >= 4 is 21.6 Å². The van der Waals surface area contributed by atoms with Crippen LogP contribution in [0.4, 0.5) is 5.69 Å². The highest BCUT2D eigenvalue weighted by Gasteiger charge is 2.14. The molecule has 1 aromatic rings. The molecule has 21 heavy (non-hydrogen) atoms. The Kier molecular flexibility index (Phi) is 6.64. The van der Waals surface area contributed by atoms with Gasteiger partial charge in [0, 0.05) is 31.7 Å². The van der Waals surface area contributed by atoms with E-state index < -0.39 is 10.0 Å². The second-order valence-corrected chi connectivity index (χ2v) is 6.57. The predicted octanol–water partition coefficient (Wildman–Crippen LogP) is 1.31. The Labute approximate surface area is 126 Å². The highest BCUT2D eigenvalue weighted by atomic mass is 32.2. The number of amides is 1. The molecule has 0 spiro atoms. The Hall–Kier alpha value is -1.60. The van der Waals surface area contributed by atoms with Crippen LogP contribution in [-0.2, 0) is 14.8 Å². The number of anilines is 1. The van der Waals surface area contributed by atoms with Crippen molar-refractivity contribution in [3.8, 4) is 0 Å². The molecule has 1 rings (SSSR count). The first-order valence-electron chi connectivity index (χ1n) is 6.96. The smallest absolute Gasteiger partial charge is 0.240 e. The van der Waals surface area contributed by atoms with Crippen molar-refractivity contribution in [3.05, 3.63) is 24.3 Å². The second-order valence-electron chi connectivity index (χ2n) is 4.80. The monoisotopic (exact) mass is 313 g/mol. The molecule has 1 amide bonds. The molecule has 6 nitrogen and oxygen atoms in total. The van der Waals surface area contributed by atoms with Gasteiger partial charge in [0.05, 0.1) is 4.90 Å². The van der Waals surface area contributed by atoms with Gasteiger partial charge < -0.3 is 10.6 Å². The van der Waals surface area contributed by atoms with Crippen LogP contribution in [0.1, 0.15) is 26.7 Å². The average Bonchev–Trinajstić information content (AvgIpc) is 2.46. The van der Waals surface area contributed by atoms with Crippen LogP contribution in [-0.4, -0.2) is 34.0 Å². The topological polar surface area (TPSA) is 87.3 Å². The highest BCUT2D eigenvalue weighted by molar-refractivity contribution is 7.89. The summed E-state index contributed by atoms with van der Waals surface area (Å²) in [5, 5.41) is 5.71. The quantitative estimate of drug-likeness (QED) is 0.675. The molecule has 1 atom stereocenters. The standard InChI is InChI=1S/C14H23N3O3S/c1-4-11(2)17-14(18)9-10-16-21(19,20)13-7-5-12(15-3)6-8-13/h5-8,11,15-16H,4,9-10H2,1-3H3,(H,17,18). The number of sulfonamides is 1. The highest BCUT2D eigenvalue weighted by Crippen LogP contribution is 2.13. The molecule has 3 N–H and O–H groups in total. The van der Waals surface area contributed by atoms with Gasteiger partial charge in [-0.3, -0.25) is 4.79 Å². The van der Waals surface area contributed by atoms with Gasteiger partial charge in [0.1, 0.15) is 0 Å². The summed E-state index contributed by atoms with van der Waals surface area (Å²) >= 11 is 0. The molecule has 0 aliphatic rings. The number of hydrogen-bond acceptors (Lipinski definition) is 4.